The lowest BCUT2D eigenvalue weighted by Crippen LogP contribution is -2.48. The van der Waals surface area contributed by atoms with Crippen LogP contribution in [0.1, 0.15) is 45.9 Å². The Labute approximate surface area is 161 Å². The average molecular weight is 382 g/mol. The number of amides is 1. The van der Waals surface area contributed by atoms with Crippen molar-refractivity contribution in [3.8, 4) is 0 Å². The Morgan fingerprint density at radius 2 is 1.92 bits per heavy atom. The number of benzene rings is 1. The van der Waals surface area contributed by atoms with E-state index in [1.54, 1.807) is 0 Å². The second kappa shape index (κ2) is 7.90. The van der Waals surface area contributed by atoms with E-state index in [1.807, 2.05) is 6.07 Å². The summed E-state index contributed by atoms with van der Waals surface area (Å²) in [4.78, 5) is 17.6. The van der Waals surface area contributed by atoms with Crippen molar-refractivity contribution in [3.63, 3.8) is 0 Å². The fourth-order valence-corrected chi connectivity index (χ4v) is 3.30. The minimum atomic E-state index is 0. The Hall–Kier alpha value is -1.36. The van der Waals surface area contributed by atoms with Crippen LogP contribution in [0.5, 0.6) is 0 Å². The highest BCUT2D eigenvalue weighted by Gasteiger charge is 2.27. The van der Waals surface area contributed by atoms with Crippen LogP contribution in [0.3, 0.4) is 0 Å². The molecule has 0 unspecified atom stereocenters. The molecular weight excluding hydrogens is 357 g/mol. The maximum absolute atomic E-state index is 12.8. The molecule has 1 aliphatic carbocycles. The first-order valence-corrected chi connectivity index (χ1v) is 8.52. The van der Waals surface area contributed by atoms with Gasteiger partial charge >= 0.3 is 0 Å². The fraction of sp³-hybridized carbons (Fsp3) is 0.474. The average Bonchev–Trinajstić information content (AvgIpc) is 3.29. The number of rotatable bonds is 4. The van der Waals surface area contributed by atoms with Gasteiger partial charge in [-0.2, -0.15) is 0 Å². The smallest absolute Gasteiger partial charge is 0.252 e. The summed E-state index contributed by atoms with van der Waals surface area (Å²) in [5, 5.41) is 7.33. The fourth-order valence-electron chi connectivity index (χ4n) is 3.30. The van der Waals surface area contributed by atoms with Gasteiger partial charge in [0.1, 0.15) is 0 Å². The van der Waals surface area contributed by atoms with E-state index < -0.39 is 0 Å². The molecule has 1 saturated heterocycles. The van der Waals surface area contributed by atoms with Crippen LogP contribution in [-0.2, 0) is 0 Å². The molecule has 0 bridgehead atoms. The lowest BCUT2D eigenvalue weighted by molar-refractivity contribution is 0.0943. The first-order chi connectivity index (χ1) is 11.1. The molecular formula is C19H25Cl2N3O. The van der Waals surface area contributed by atoms with Crippen LogP contribution in [0.15, 0.2) is 18.2 Å². The van der Waals surface area contributed by atoms with Gasteiger partial charge in [0.15, 0.2) is 0 Å². The Balaban J connectivity index is 0.00000113. The molecule has 0 radical (unpaired) electrons. The van der Waals surface area contributed by atoms with E-state index in [1.165, 1.54) is 18.4 Å². The highest BCUT2D eigenvalue weighted by molar-refractivity contribution is 6.07. The van der Waals surface area contributed by atoms with Gasteiger partial charge < -0.3 is 10.6 Å². The molecule has 25 heavy (non-hydrogen) atoms. The number of pyridine rings is 1. The number of aryl methyl sites for hydroxylation is 2. The third-order valence-electron chi connectivity index (χ3n) is 4.93. The number of fused-ring (bicyclic) bond motifs is 1. The van der Waals surface area contributed by atoms with E-state index in [-0.39, 0.29) is 30.7 Å². The number of carbonyl (C=O) groups excluding carboxylic acids is 1. The molecule has 4 rings (SSSR count). The van der Waals surface area contributed by atoms with Crippen molar-refractivity contribution in [1.82, 2.24) is 15.6 Å². The molecule has 1 saturated carbocycles. The van der Waals surface area contributed by atoms with E-state index in [0.717, 1.165) is 47.4 Å². The van der Waals surface area contributed by atoms with E-state index in [4.69, 9.17) is 4.98 Å². The second-order valence-corrected chi connectivity index (χ2v) is 7.08. The van der Waals surface area contributed by atoms with Crippen molar-refractivity contribution in [1.29, 1.82) is 0 Å². The van der Waals surface area contributed by atoms with Gasteiger partial charge in [-0.1, -0.05) is 11.6 Å². The van der Waals surface area contributed by atoms with Gasteiger partial charge in [0, 0.05) is 42.6 Å². The molecule has 1 aromatic heterocycles. The van der Waals surface area contributed by atoms with Crippen LogP contribution in [0.2, 0.25) is 0 Å². The van der Waals surface area contributed by atoms with Gasteiger partial charge in [-0.05, 0) is 44.4 Å². The summed E-state index contributed by atoms with van der Waals surface area (Å²) in [6.45, 7) is 6.91. The summed E-state index contributed by atoms with van der Waals surface area (Å²) in [5.74, 6) is 1.15. The Bertz CT molecular complexity index is 786. The Morgan fingerprint density at radius 1 is 1.20 bits per heavy atom. The van der Waals surface area contributed by atoms with Crippen LogP contribution in [0.25, 0.3) is 10.9 Å². The largest absolute Gasteiger partial charge is 0.352 e. The summed E-state index contributed by atoms with van der Waals surface area (Å²) in [7, 11) is 0. The van der Waals surface area contributed by atoms with Crippen molar-refractivity contribution >= 4 is 41.6 Å². The van der Waals surface area contributed by atoms with Crippen LogP contribution in [0, 0.1) is 19.8 Å². The summed E-state index contributed by atoms with van der Waals surface area (Å²) in [6.07, 6.45) is 2.39. The van der Waals surface area contributed by atoms with Crippen molar-refractivity contribution in [3.05, 3.63) is 40.6 Å². The van der Waals surface area contributed by atoms with E-state index in [0.29, 0.717) is 11.8 Å². The van der Waals surface area contributed by atoms with Gasteiger partial charge in [-0.25, -0.2) is 0 Å². The normalized spacial score (nSPS) is 16.6. The van der Waals surface area contributed by atoms with Gasteiger partial charge in [-0.15, -0.1) is 24.8 Å². The van der Waals surface area contributed by atoms with Gasteiger partial charge in [0.25, 0.3) is 5.91 Å². The minimum Gasteiger partial charge on any atom is -0.352 e. The van der Waals surface area contributed by atoms with Crippen LogP contribution in [0.4, 0.5) is 0 Å². The maximum atomic E-state index is 12.8. The maximum Gasteiger partial charge on any atom is 0.252 e. The number of halogens is 2. The SMILES string of the molecule is Cc1cc(C)c2nc(C3CC3)cc(C(=O)NCC3CNC3)c2c1.Cl.Cl. The Kier molecular flexibility index (Phi) is 6.30. The lowest BCUT2D eigenvalue weighted by atomic mass is 9.99. The highest BCUT2D eigenvalue weighted by atomic mass is 35.5. The van der Waals surface area contributed by atoms with E-state index >= 15 is 0 Å². The summed E-state index contributed by atoms with van der Waals surface area (Å²) in [5.41, 5.74) is 5.18. The van der Waals surface area contributed by atoms with Gasteiger partial charge in [0.2, 0.25) is 0 Å². The van der Waals surface area contributed by atoms with Crippen LogP contribution < -0.4 is 10.6 Å². The molecule has 0 atom stereocenters. The number of nitrogens with zero attached hydrogens (tertiary/aromatic N) is 1. The first kappa shape index (κ1) is 20.0. The highest BCUT2D eigenvalue weighted by Crippen LogP contribution is 2.40. The minimum absolute atomic E-state index is 0. The third-order valence-corrected chi connectivity index (χ3v) is 4.93. The topological polar surface area (TPSA) is 54.0 Å². The molecule has 6 heteroatoms. The van der Waals surface area contributed by atoms with Gasteiger partial charge in [-0.3, -0.25) is 9.78 Å². The molecule has 2 fully saturated rings. The molecule has 2 N–H and O–H groups in total. The van der Waals surface area contributed by atoms with Crippen molar-refractivity contribution in [2.75, 3.05) is 19.6 Å². The molecule has 4 nitrogen and oxygen atoms in total. The molecule has 1 amide bonds. The van der Waals surface area contributed by atoms with E-state index in [2.05, 4.69) is 36.6 Å². The zero-order valence-electron chi connectivity index (χ0n) is 14.6. The second-order valence-electron chi connectivity index (χ2n) is 7.08. The third kappa shape index (κ3) is 4.08. The van der Waals surface area contributed by atoms with Gasteiger partial charge in [0.05, 0.1) is 11.1 Å². The number of aromatic nitrogens is 1. The Morgan fingerprint density at radius 3 is 2.52 bits per heavy atom. The summed E-state index contributed by atoms with van der Waals surface area (Å²) >= 11 is 0. The quantitative estimate of drug-likeness (QED) is 0.851. The molecule has 1 aliphatic heterocycles. The molecule has 136 valence electrons. The predicted octanol–water partition coefficient (Wildman–Crippen LogP) is 3.52. The number of hydrogen-bond acceptors (Lipinski definition) is 3. The summed E-state index contributed by atoms with van der Waals surface area (Å²) < 4.78 is 0. The lowest BCUT2D eigenvalue weighted by Gasteiger charge is -2.27. The molecule has 0 spiro atoms. The van der Waals surface area contributed by atoms with Crippen LogP contribution in [-0.4, -0.2) is 30.5 Å². The molecule has 2 aromatic rings. The summed E-state index contributed by atoms with van der Waals surface area (Å²) in [6, 6.07) is 6.26. The molecule has 2 heterocycles. The monoisotopic (exact) mass is 381 g/mol. The predicted molar refractivity (Wildman–Crippen MR) is 106 cm³/mol. The van der Waals surface area contributed by atoms with Crippen LogP contribution >= 0.6 is 24.8 Å². The number of nitrogens with one attached hydrogen (secondary N) is 2. The van der Waals surface area contributed by atoms with Crippen molar-refractivity contribution < 1.29 is 4.79 Å². The zero-order valence-corrected chi connectivity index (χ0v) is 16.2. The number of hydrogen-bond donors (Lipinski definition) is 2. The molecule has 2 aliphatic rings. The zero-order chi connectivity index (χ0) is 16.0. The van der Waals surface area contributed by atoms with Crippen molar-refractivity contribution in [2.24, 2.45) is 5.92 Å². The molecule has 1 aromatic carbocycles. The first-order valence-electron chi connectivity index (χ1n) is 8.52. The van der Waals surface area contributed by atoms with E-state index in [9.17, 15) is 4.79 Å². The van der Waals surface area contributed by atoms with Crippen molar-refractivity contribution in [2.45, 2.75) is 32.6 Å². The standard InChI is InChI=1S/C19H23N3O.2ClH/c1-11-5-12(2)18-15(6-11)16(7-17(22-18)14-3-4-14)19(23)21-10-13-8-20-9-13;;/h5-7,13-14,20H,3-4,8-10H2,1-2H3,(H,21,23);2*1H. The number of carbonyl (C=O) groups is 1.